The van der Waals surface area contributed by atoms with Crippen LogP contribution in [0.2, 0.25) is 5.02 Å². The molecule has 2 fully saturated rings. The van der Waals surface area contributed by atoms with E-state index in [4.69, 9.17) is 21.1 Å². The van der Waals surface area contributed by atoms with Crippen molar-refractivity contribution in [3.8, 4) is 5.75 Å². The number of carbonyl (C=O) groups is 1. The molecule has 1 heterocycles. The van der Waals surface area contributed by atoms with E-state index in [1.807, 2.05) is 53.4 Å². The van der Waals surface area contributed by atoms with Gasteiger partial charge in [-0.25, -0.2) is 0 Å². The van der Waals surface area contributed by atoms with Gasteiger partial charge < -0.3 is 14.4 Å². The fourth-order valence-electron chi connectivity index (χ4n) is 4.01. The number of amides is 1. The molecule has 0 radical (unpaired) electrons. The number of halogens is 1. The van der Waals surface area contributed by atoms with Crippen LogP contribution in [-0.2, 0) is 11.3 Å². The average molecular weight is 386 g/mol. The molecule has 2 unspecified atom stereocenters. The zero-order valence-electron chi connectivity index (χ0n) is 15.3. The van der Waals surface area contributed by atoms with Gasteiger partial charge in [-0.2, -0.15) is 0 Å². The summed E-state index contributed by atoms with van der Waals surface area (Å²) in [6.07, 6.45) is 4.58. The molecular formula is C22H24ClNO3. The topological polar surface area (TPSA) is 38.8 Å². The molecular weight excluding hydrogens is 362 g/mol. The number of fused-ring (bicyclic) bond motifs is 1. The highest BCUT2D eigenvalue weighted by molar-refractivity contribution is 6.30. The predicted octanol–water partition coefficient (Wildman–Crippen LogP) is 4.70. The number of benzene rings is 2. The minimum absolute atomic E-state index is 0.0434. The van der Waals surface area contributed by atoms with Crippen molar-refractivity contribution in [2.75, 3.05) is 13.2 Å². The highest BCUT2D eigenvalue weighted by Crippen LogP contribution is 2.31. The highest BCUT2D eigenvalue weighted by Gasteiger charge is 2.37. The van der Waals surface area contributed by atoms with Gasteiger partial charge in [0.25, 0.3) is 5.91 Å². The molecule has 142 valence electrons. The van der Waals surface area contributed by atoms with Crippen LogP contribution in [0.4, 0.5) is 0 Å². The van der Waals surface area contributed by atoms with Crippen LogP contribution in [0.5, 0.6) is 5.75 Å². The fraction of sp³-hybridized carbons (Fsp3) is 0.409. The lowest BCUT2D eigenvalue weighted by Gasteiger charge is -2.43. The summed E-state index contributed by atoms with van der Waals surface area (Å²) in [5.41, 5.74) is 1.64. The first-order valence-corrected chi connectivity index (χ1v) is 9.99. The first kappa shape index (κ1) is 18.3. The second kappa shape index (κ2) is 8.32. The maximum absolute atomic E-state index is 13.3. The van der Waals surface area contributed by atoms with E-state index in [0.29, 0.717) is 36.1 Å². The first-order valence-electron chi connectivity index (χ1n) is 9.61. The number of ether oxygens (including phenoxy) is 2. The Balaban J connectivity index is 1.51. The van der Waals surface area contributed by atoms with Crippen molar-refractivity contribution in [2.24, 2.45) is 0 Å². The minimum Gasteiger partial charge on any atom is -0.488 e. The monoisotopic (exact) mass is 385 g/mol. The van der Waals surface area contributed by atoms with E-state index in [1.165, 1.54) is 6.42 Å². The molecule has 2 aliphatic rings. The lowest BCUT2D eigenvalue weighted by atomic mass is 9.89. The molecule has 0 spiro atoms. The van der Waals surface area contributed by atoms with Crippen LogP contribution in [0.15, 0.2) is 48.5 Å². The predicted molar refractivity (Wildman–Crippen MR) is 105 cm³/mol. The second-order valence-electron chi connectivity index (χ2n) is 7.17. The van der Waals surface area contributed by atoms with Crippen molar-refractivity contribution < 1.29 is 14.3 Å². The zero-order valence-corrected chi connectivity index (χ0v) is 16.0. The lowest BCUT2D eigenvalue weighted by Crippen LogP contribution is -2.54. The van der Waals surface area contributed by atoms with Crippen LogP contribution >= 0.6 is 11.6 Å². The molecule has 0 bridgehead atoms. The standard InChI is InChI=1S/C22H24ClNO3/c23-17-11-9-16(10-12-17)15-27-20-7-3-1-5-18(20)22(25)24-13-14-26-21-8-4-2-6-19(21)24/h1,3,5,7,9-12,19,21H,2,4,6,8,13-15H2. The molecule has 1 saturated carbocycles. The van der Waals surface area contributed by atoms with Gasteiger partial charge >= 0.3 is 0 Å². The lowest BCUT2D eigenvalue weighted by molar-refractivity contribution is -0.0753. The van der Waals surface area contributed by atoms with E-state index in [-0.39, 0.29) is 18.1 Å². The van der Waals surface area contributed by atoms with Gasteiger partial charge in [0, 0.05) is 11.6 Å². The van der Waals surface area contributed by atoms with Crippen LogP contribution in [0, 0.1) is 0 Å². The number of morpholine rings is 1. The normalized spacial score (nSPS) is 22.2. The summed E-state index contributed by atoms with van der Waals surface area (Å²) in [4.78, 5) is 15.3. The summed E-state index contributed by atoms with van der Waals surface area (Å²) in [7, 11) is 0. The zero-order chi connectivity index (χ0) is 18.6. The van der Waals surface area contributed by atoms with Crippen molar-refractivity contribution >= 4 is 17.5 Å². The van der Waals surface area contributed by atoms with Crippen LogP contribution in [0.3, 0.4) is 0 Å². The molecule has 1 aliphatic carbocycles. The molecule has 27 heavy (non-hydrogen) atoms. The molecule has 4 rings (SSSR count). The molecule has 0 aromatic heterocycles. The van der Waals surface area contributed by atoms with E-state index in [0.717, 1.165) is 24.8 Å². The third-order valence-corrected chi connectivity index (χ3v) is 5.67. The molecule has 1 saturated heterocycles. The van der Waals surface area contributed by atoms with Gasteiger partial charge in [-0.1, -0.05) is 48.7 Å². The second-order valence-corrected chi connectivity index (χ2v) is 7.61. The quantitative estimate of drug-likeness (QED) is 0.765. The first-order chi connectivity index (χ1) is 13.2. The Kier molecular flexibility index (Phi) is 5.65. The van der Waals surface area contributed by atoms with Crippen LogP contribution in [-0.4, -0.2) is 36.1 Å². The van der Waals surface area contributed by atoms with Crippen molar-refractivity contribution in [3.63, 3.8) is 0 Å². The summed E-state index contributed by atoms with van der Waals surface area (Å²) in [5.74, 6) is 0.665. The van der Waals surface area contributed by atoms with E-state index in [1.54, 1.807) is 0 Å². The molecule has 2 aromatic rings. The average Bonchev–Trinajstić information content (AvgIpc) is 2.73. The van der Waals surface area contributed by atoms with E-state index in [2.05, 4.69) is 0 Å². The van der Waals surface area contributed by atoms with Gasteiger partial charge in [-0.3, -0.25) is 4.79 Å². The Labute approximate surface area is 165 Å². The van der Waals surface area contributed by atoms with Gasteiger partial charge in [0.05, 0.1) is 24.3 Å². The Morgan fingerprint density at radius 1 is 1.11 bits per heavy atom. The van der Waals surface area contributed by atoms with Crippen molar-refractivity contribution in [1.82, 2.24) is 4.90 Å². The summed E-state index contributed by atoms with van der Waals surface area (Å²) in [5, 5.41) is 0.698. The largest absolute Gasteiger partial charge is 0.488 e. The third-order valence-electron chi connectivity index (χ3n) is 5.42. The molecule has 1 aliphatic heterocycles. The van der Waals surface area contributed by atoms with Crippen molar-refractivity contribution in [2.45, 2.75) is 44.4 Å². The molecule has 1 amide bonds. The molecule has 4 nitrogen and oxygen atoms in total. The number of rotatable bonds is 4. The van der Waals surface area contributed by atoms with Gasteiger partial charge in [0.1, 0.15) is 12.4 Å². The van der Waals surface area contributed by atoms with Gasteiger partial charge in [0.15, 0.2) is 0 Å². The summed E-state index contributed by atoms with van der Waals surface area (Å²) in [6.45, 7) is 1.66. The SMILES string of the molecule is O=C(c1ccccc1OCc1ccc(Cl)cc1)N1CCOC2CCCCC21. The summed E-state index contributed by atoms with van der Waals surface area (Å²) < 4.78 is 11.9. The maximum Gasteiger partial charge on any atom is 0.258 e. The fourth-order valence-corrected chi connectivity index (χ4v) is 4.14. The van der Waals surface area contributed by atoms with Crippen molar-refractivity contribution in [3.05, 3.63) is 64.7 Å². The van der Waals surface area contributed by atoms with E-state index in [9.17, 15) is 4.79 Å². The Morgan fingerprint density at radius 3 is 2.74 bits per heavy atom. The number of hydrogen-bond donors (Lipinski definition) is 0. The third kappa shape index (κ3) is 4.12. The van der Waals surface area contributed by atoms with Crippen LogP contribution in [0.1, 0.15) is 41.6 Å². The smallest absolute Gasteiger partial charge is 0.258 e. The molecule has 0 N–H and O–H groups in total. The van der Waals surface area contributed by atoms with Crippen molar-refractivity contribution in [1.29, 1.82) is 0 Å². The molecule has 2 aromatic carbocycles. The highest BCUT2D eigenvalue weighted by atomic mass is 35.5. The minimum atomic E-state index is 0.0434. The Morgan fingerprint density at radius 2 is 1.89 bits per heavy atom. The Hall–Kier alpha value is -2.04. The molecule has 2 atom stereocenters. The summed E-state index contributed by atoms with van der Waals surface area (Å²) >= 11 is 5.94. The van der Waals surface area contributed by atoms with Crippen LogP contribution in [0.25, 0.3) is 0 Å². The molecule has 5 heteroatoms. The number of hydrogen-bond acceptors (Lipinski definition) is 3. The van der Waals surface area contributed by atoms with E-state index < -0.39 is 0 Å². The van der Waals surface area contributed by atoms with Gasteiger partial charge in [-0.05, 0) is 42.7 Å². The van der Waals surface area contributed by atoms with Gasteiger partial charge in [-0.15, -0.1) is 0 Å². The van der Waals surface area contributed by atoms with Gasteiger partial charge in [0.2, 0.25) is 0 Å². The number of para-hydroxylation sites is 1. The number of nitrogens with zero attached hydrogens (tertiary/aromatic N) is 1. The number of carbonyl (C=O) groups excluding carboxylic acids is 1. The van der Waals surface area contributed by atoms with Crippen LogP contribution < -0.4 is 4.74 Å². The summed E-state index contributed by atoms with van der Waals surface area (Å²) in [6, 6.07) is 15.2. The van der Waals surface area contributed by atoms with E-state index >= 15 is 0 Å². The maximum atomic E-state index is 13.3. The Bertz CT molecular complexity index is 790.